The molecule has 2 rings (SSSR count). The fraction of sp³-hybridized carbons (Fsp3) is 0.364. The van der Waals surface area contributed by atoms with Gasteiger partial charge in [0, 0.05) is 23.5 Å². The summed E-state index contributed by atoms with van der Waals surface area (Å²) in [5.41, 5.74) is 2.30. The van der Waals surface area contributed by atoms with E-state index < -0.39 is 7.12 Å². The zero-order valence-electron chi connectivity index (χ0n) is 9.68. The summed E-state index contributed by atoms with van der Waals surface area (Å²) in [5.74, 6) is 0. The van der Waals surface area contributed by atoms with E-state index in [0.717, 1.165) is 11.3 Å². The third-order valence-corrected chi connectivity index (χ3v) is 2.60. The van der Waals surface area contributed by atoms with Gasteiger partial charge in [-0.05, 0) is 11.5 Å². The van der Waals surface area contributed by atoms with E-state index in [0.29, 0.717) is 5.46 Å². The predicted molar refractivity (Wildman–Crippen MR) is 63.7 cm³/mol. The van der Waals surface area contributed by atoms with Crippen LogP contribution in [0, 0.1) is 0 Å². The molecule has 0 fully saturated rings. The van der Waals surface area contributed by atoms with Crippen LogP contribution in [0.4, 0.5) is 0 Å². The third-order valence-electron chi connectivity index (χ3n) is 2.60. The van der Waals surface area contributed by atoms with Gasteiger partial charge in [-0.3, -0.25) is 0 Å². The minimum atomic E-state index is -1.44. The van der Waals surface area contributed by atoms with Gasteiger partial charge in [-0.1, -0.05) is 26.8 Å². The van der Waals surface area contributed by atoms with Crippen LogP contribution < -0.4 is 5.46 Å². The van der Waals surface area contributed by atoms with Crippen LogP contribution in [0.1, 0.15) is 26.5 Å². The summed E-state index contributed by atoms with van der Waals surface area (Å²) < 4.78 is 1.90. The number of aromatic nitrogens is 2. The lowest BCUT2D eigenvalue weighted by Gasteiger charge is -2.18. The number of hydrogen-bond acceptors (Lipinski definition) is 3. The van der Waals surface area contributed by atoms with Gasteiger partial charge in [0.15, 0.2) is 0 Å². The van der Waals surface area contributed by atoms with Crippen molar-refractivity contribution in [1.29, 1.82) is 0 Å². The first-order chi connectivity index (χ1) is 7.39. The summed E-state index contributed by atoms with van der Waals surface area (Å²) in [5, 5.41) is 18.3. The van der Waals surface area contributed by atoms with Crippen molar-refractivity contribution in [3.8, 4) is 0 Å². The average Bonchev–Trinajstić information content (AvgIpc) is 2.58. The number of hydrogen-bond donors (Lipinski definition) is 2. The first kappa shape index (κ1) is 11.2. The highest BCUT2D eigenvalue weighted by molar-refractivity contribution is 6.58. The van der Waals surface area contributed by atoms with Crippen molar-refractivity contribution in [2.45, 2.75) is 26.2 Å². The molecule has 0 atom stereocenters. The topological polar surface area (TPSA) is 57.8 Å². The van der Waals surface area contributed by atoms with Crippen molar-refractivity contribution in [1.82, 2.24) is 9.38 Å². The molecule has 0 spiro atoms. The number of rotatable bonds is 1. The Morgan fingerprint density at radius 1 is 1.25 bits per heavy atom. The zero-order valence-corrected chi connectivity index (χ0v) is 9.68. The van der Waals surface area contributed by atoms with Crippen LogP contribution in [0.3, 0.4) is 0 Å². The second-order valence-corrected chi connectivity index (χ2v) is 4.96. The summed E-state index contributed by atoms with van der Waals surface area (Å²) in [4.78, 5) is 4.29. The SMILES string of the molecule is CC(C)(C)c1cnc2ccc(B(O)O)cn12. The summed E-state index contributed by atoms with van der Waals surface area (Å²) >= 11 is 0. The summed E-state index contributed by atoms with van der Waals surface area (Å²) in [6.45, 7) is 6.29. The summed E-state index contributed by atoms with van der Waals surface area (Å²) in [6.07, 6.45) is 3.54. The van der Waals surface area contributed by atoms with E-state index >= 15 is 0 Å². The van der Waals surface area contributed by atoms with Gasteiger partial charge in [-0.2, -0.15) is 0 Å². The van der Waals surface area contributed by atoms with Crippen LogP contribution >= 0.6 is 0 Å². The van der Waals surface area contributed by atoms with Gasteiger partial charge < -0.3 is 14.4 Å². The lowest BCUT2D eigenvalue weighted by atomic mass is 9.81. The molecule has 2 heterocycles. The molecule has 5 heteroatoms. The largest absolute Gasteiger partial charge is 0.489 e. The highest BCUT2D eigenvalue weighted by atomic mass is 16.4. The van der Waals surface area contributed by atoms with Crippen LogP contribution in [-0.4, -0.2) is 26.6 Å². The Balaban J connectivity index is 2.65. The molecule has 0 aliphatic carbocycles. The van der Waals surface area contributed by atoms with Crippen molar-refractivity contribution in [2.75, 3.05) is 0 Å². The minimum absolute atomic E-state index is 0.0293. The Morgan fingerprint density at radius 3 is 2.50 bits per heavy atom. The maximum Gasteiger partial charge on any atom is 0.489 e. The van der Waals surface area contributed by atoms with Crippen molar-refractivity contribution in [3.63, 3.8) is 0 Å². The van der Waals surface area contributed by atoms with E-state index in [4.69, 9.17) is 10.0 Å². The van der Waals surface area contributed by atoms with E-state index in [1.54, 1.807) is 18.3 Å². The van der Waals surface area contributed by atoms with Crippen LogP contribution in [-0.2, 0) is 5.41 Å². The van der Waals surface area contributed by atoms with Gasteiger partial charge in [0.1, 0.15) is 5.65 Å². The van der Waals surface area contributed by atoms with Gasteiger partial charge in [-0.25, -0.2) is 4.98 Å². The minimum Gasteiger partial charge on any atom is -0.423 e. The van der Waals surface area contributed by atoms with Crippen molar-refractivity contribution in [2.24, 2.45) is 0 Å². The summed E-state index contributed by atoms with van der Waals surface area (Å²) in [6, 6.07) is 3.45. The molecule has 0 amide bonds. The van der Waals surface area contributed by atoms with Gasteiger partial charge in [0.2, 0.25) is 0 Å². The number of pyridine rings is 1. The molecule has 0 unspecified atom stereocenters. The quantitative estimate of drug-likeness (QED) is 0.677. The predicted octanol–water partition coefficient (Wildman–Crippen LogP) is 0.312. The maximum absolute atomic E-state index is 9.14. The van der Waals surface area contributed by atoms with Gasteiger partial charge in [0.05, 0.1) is 0 Å². The van der Waals surface area contributed by atoms with Crippen LogP contribution in [0.5, 0.6) is 0 Å². The molecule has 0 aliphatic heterocycles. The Kier molecular flexibility index (Phi) is 2.52. The molecule has 4 nitrogen and oxygen atoms in total. The fourth-order valence-corrected chi connectivity index (χ4v) is 1.70. The molecule has 2 N–H and O–H groups in total. The molecule has 84 valence electrons. The lowest BCUT2D eigenvalue weighted by molar-refractivity contribution is 0.425. The molecular weight excluding hydrogens is 203 g/mol. The molecule has 0 aromatic carbocycles. The average molecular weight is 218 g/mol. The van der Waals surface area contributed by atoms with Crippen molar-refractivity contribution >= 4 is 18.2 Å². The normalized spacial score (nSPS) is 12.1. The van der Waals surface area contributed by atoms with Crippen molar-refractivity contribution in [3.05, 3.63) is 30.2 Å². The monoisotopic (exact) mass is 218 g/mol. The standard InChI is InChI=1S/C11H15BN2O2/c1-11(2,3)9-6-13-10-5-4-8(12(15)16)7-14(9)10/h4-7,15-16H,1-3H3. The van der Waals surface area contributed by atoms with Gasteiger partial charge in [-0.15, -0.1) is 0 Å². The highest BCUT2D eigenvalue weighted by Crippen LogP contribution is 2.22. The van der Waals surface area contributed by atoms with Gasteiger partial charge in [0.25, 0.3) is 0 Å². The lowest BCUT2D eigenvalue weighted by Crippen LogP contribution is -2.31. The van der Waals surface area contributed by atoms with Crippen LogP contribution in [0.2, 0.25) is 0 Å². The number of imidazole rings is 1. The molecule has 0 radical (unpaired) electrons. The Morgan fingerprint density at radius 2 is 1.94 bits per heavy atom. The molecule has 0 aliphatic rings. The Hall–Kier alpha value is -1.33. The molecule has 2 aromatic heterocycles. The van der Waals surface area contributed by atoms with E-state index in [1.807, 2.05) is 10.6 Å². The molecule has 16 heavy (non-hydrogen) atoms. The molecule has 0 saturated carbocycles. The van der Waals surface area contributed by atoms with Gasteiger partial charge >= 0.3 is 7.12 Å². The van der Waals surface area contributed by atoms with E-state index in [-0.39, 0.29) is 5.41 Å². The zero-order chi connectivity index (χ0) is 11.9. The van der Waals surface area contributed by atoms with Crippen molar-refractivity contribution < 1.29 is 10.0 Å². The molecule has 0 bridgehead atoms. The Bertz CT molecular complexity index is 514. The molecular formula is C11H15BN2O2. The molecule has 0 saturated heterocycles. The smallest absolute Gasteiger partial charge is 0.423 e. The number of nitrogens with zero attached hydrogens (tertiary/aromatic N) is 2. The summed E-state index contributed by atoms with van der Waals surface area (Å²) in [7, 11) is -1.44. The first-order valence-electron chi connectivity index (χ1n) is 5.23. The molecule has 2 aromatic rings. The second-order valence-electron chi connectivity index (χ2n) is 4.96. The second kappa shape index (κ2) is 3.61. The Labute approximate surface area is 94.7 Å². The first-order valence-corrected chi connectivity index (χ1v) is 5.23. The maximum atomic E-state index is 9.14. The van der Waals surface area contributed by atoms with E-state index in [2.05, 4.69) is 25.8 Å². The number of fused-ring (bicyclic) bond motifs is 1. The van der Waals surface area contributed by atoms with Crippen LogP contribution in [0.25, 0.3) is 5.65 Å². The van der Waals surface area contributed by atoms with E-state index in [9.17, 15) is 0 Å². The highest BCUT2D eigenvalue weighted by Gasteiger charge is 2.20. The van der Waals surface area contributed by atoms with E-state index in [1.165, 1.54) is 0 Å². The third kappa shape index (κ3) is 1.84. The van der Waals surface area contributed by atoms with Crippen LogP contribution in [0.15, 0.2) is 24.5 Å². The fourth-order valence-electron chi connectivity index (χ4n) is 1.70.